The summed E-state index contributed by atoms with van der Waals surface area (Å²) in [6, 6.07) is 6.26. The summed E-state index contributed by atoms with van der Waals surface area (Å²) in [6.07, 6.45) is 2.65. The zero-order valence-electron chi connectivity index (χ0n) is 11.3. The number of nitrogens with one attached hydrogen (secondary N) is 1. The third-order valence-corrected chi connectivity index (χ3v) is 4.27. The third kappa shape index (κ3) is 3.44. The summed E-state index contributed by atoms with van der Waals surface area (Å²) in [5.41, 5.74) is 1.34. The van der Waals surface area contributed by atoms with Crippen molar-refractivity contribution in [3.05, 3.63) is 47.8 Å². The second kappa shape index (κ2) is 5.74. The number of rotatable bonds is 5. The zero-order chi connectivity index (χ0) is 14.8. The molecule has 0 spiro atoms. The zero-order valence-corrected chi connectivity index (χ0v) is 12.1. The molecule has 1 unspecified atom stereocenters. The van der Waals surface area contributed by atoms with Crippen LogP contribution in [0.2, 0.25) is 0 Å². The van der Waals surface area contributed by atoms with Crippen LogP contribution >= 0.6 is 0 Å². The van der Waals surface area contributed by atoms with Crippen LogP contribution in [0.15, 0.2) is 41.6 Å². The molecule has 0 aliphatic heterocycles. The molecule has 0 saturated heterocycles. The first kappa shape index (κ1) is 14.7. The van der Waals surface area contributed by atoms with Gasteiger partial charge in [-0.05, 0) is 24.6 Å². The lowest BCUT2D eigenvalue weighted by Gasteiger charge is -2.09. The van der Waals surface area contributed by atoms with Gasteiger partial charge in [0.05, 0.1) is 17.2 Å². The van der Waals surface area contributed by atoms with E-state index in [4.69, 9.17) is 0 Å². The van der Waals surface area contributed by atoms with Crippen molar-refractivity contribution in [1.82, 2.24) is 14.5 Å². The molecule has 0 aliphatic rings. The number of aryl methyl sites for hydroxylation is 1. The van der Waals surface area contributed by atoms with Crippen LogP contribution in [0.25, 0.3) is 0 Å². The lowest BCUT2D eigenvalue weighted by Crippen LogP contribution is -2.23. The largest absolute Gasteiger partial charge is 0.389 e. The van der Waals surface area contributed by atoms with Crippen LogP contribution in [0.3, 0.4) is 0 Å². The Kier molecular flexibility index (Phi) is 4.22. The lowest BCUT2D eigenvalue weighted by molar-refractivity contribution is 0.199. The van der Waals surface area contributed by atoms with E-state index < -0.39 is 16.1 Å². The molecule has 0 aliphatic carbocycles. The van der Waals surface area contributed by atoms with Gasteiger partial charge in [0.2, 0.25) is 10.0 Å². The van der Waals surface area contributed by atoms with E-state index in [1.807, 2.05) is 0 Å². The van der Waals surface area contributed by atoms with Crippen LogP contribution < -0.4 is 4.72 Å². The minimum Gasteiger partial charge on any atom is -0.389 e. The molecular weight excluding hydrogens is 278 g/mol. The van der Waals surface area contributed by atoms with E-state index in [2.05, 4.69) is 9.82 Å². The highest BCUT2D eigenvalue weighted by Crippen LogP contribution is 2.17. The second-order valence-corrected chi connectivity index (χ2v) is 6.36. The number of sulfonamides is 1. The lowest BCUT2D eigenvalue weighted by atomic mass is 10.1. The van der Waals surface area contributed by atoms with Crippen molar-refractivity contribution in [3.8, 4) is 0 Å². The molecule has 0 bridgehead atoms. The summed E-state index contributed by atoms with van der Waals surface area (Å²) in [6.45, 7) is 1.77. The topological polar surface area (TPSA) is 84.2 Å². The fourth-order valence-electron chi connectivity index (χ4n) is 1.77. The summed E-state index contributed by atoms with van der Waals surface area (Å²) >= 11 is 0. The van der Waals surface area contributed by atoms with E-state index in [9.17, 15) is 13.5 Å². The first-order chi connectivity index (χ1) is 9.38. The van der Waals surface area contributed by atoms with Crippen LogP contribution in [-0.4, -0.2) is 23.3 Å². The molecule has 6 nitrogen and oxygen atoms in total. The molecule has 0 radical (unpaired) electrons. The monoisotopic (exact) mass is 295 g/mol. The van der Waals surface area contributed by atoms with Gasteiger partial charge < -0.3 is 5.11 Å². The Labute approximate surface area is 118 Å². The molecule has 2 rings (SSSR count). The van der Waals surface area contributed by atoms with Gasteiger partial charge in [-0.2, -0.15) is 5.10 Å². The van der Waals surface area contributed by atoms with Crippen molar-refractivity contribution in [2.45, 2.75) is 24.5 Å². The van der Waals surface area contributed by atoms with Crippen LogP contribution in [0.5, 0.6) is 0 Å². The van der Waals surface area contributed by atoms with Gasteiger partial charge in [0, 0.05) is 25.4 Å². The van der Waals surface area contributed by atoms with Crippen molar-refractivity contribution in [2.75, 3.05) is 0 Å². The molecule has 1 atom stereocenters. The normalized spacial score (nSPS) is 13.3. The number of benzene rings is 1. The highest BCUT2D eigenvalue weighted by atomic mass is 32.2. The van der Waals surface area contributed by atoms with E-state index in [0.717, 1.165) is 5.56 Å². The Morgan fingerprint density at radius 2 is 2.20 bits per heavy atom. The summed E-state index contributed by atoms with van der Waals surface area (Å²) in [7, 11) is -1.84. The van der Waals surface area contributed by atoms with Crippen LogP contribution in [-0.2, 0) is 23.6 Å². The molecule has 2 N–H and O–H groups in total. The van der Waals surface area contributed by atoms with Gasteiger partial charge in [-0.15, -0.1) is 0 Å². The highest BCUT2D eigenvalue weighted by Gasteiger charge is 2.15. The van der Waals surface area contributed by atoms with Crippen molar-refractivity contribution in [1.29, 1.82) is 0 Å². The van der Waals surface area contributed by atoms with Gasteiger partial charge in [0.1, 0.15) is 0 Å². The fourth-order valence-corrected chi connectivity index (χ4v) is 2.84. The van der Waals surface area contributed by atoms with Gasteiger partial charge in [0.15, 0.2) is 0 Å². The van der Waals surface area contributed by atoms with Crippen LogP contribution in [0, 0.1) is 0 Å². The molecule has 0 saturated carbocycles. The van der Waals surface area contributed by atoms with Gasteiger partial charge in [-0.1, -0.05) is 12.1 Å². The first-order valence-electron chi connectivity index (χ1n) is 6.14. The number of hydrogen-bond donors (Lipinski definition) is 2. The van der Waals surface area contributed by atoms with Crippen molar-refractivity contribution in [3.63, 3.8) is 0 Å². The molecule has 20 heavy (non-hydrogen) atoms. The predicted molar refractivity (Wildman–Crippen MR) is 74.3 cm³/mol. The van der Waals surface area contributed by atoms with E-state index >= 15 is 0 Å². The quantitative estimate of drug-likeness (QED) is 0.860. The number of nitrogens with zero attached hydrogens (tertiary/aromatic N) is 2. The van der Waals surface area contributed by atoms with Gasteiger partial charge in [0.25, 0.3) is 0 Å². The summed E-state index contributed by atoms with van der Waals surface area (Å²) in [5, 5.41) is 13.5. The molecule has 1 aromatic heterocycles. The maximum Gasteiger partial charge on any atom is 0.240 e. The van der Waals surface area contributed by atoms with Gasteiger partial charge in [-0.25, -0.2) is 13.1 Å². The molecule has 1 heterocycles. The summed E-state index contributed by atoms with van der Waals surface area (Å²) in [5.74, 6) is 0. The molecular formula is C13H17N3O3S. The maximum atomic E-state index is 12.2. The van der Waals surface area contributed by atoms with Gasteiger partial charge in [-0.3, -0.25) is 4.68 Å². The highest BCUT2D eigenvalue weighted by molar-refractivity contribution is 7.89. The smallest absolute Gasteiger partial charge is 0.240 e. The summed E-state index contributed by atoms with van der Waals surface area (Å²) < 4.78 is 28.5. The molecule has 1 aromatic carbocycles. The van der Waals surface area contributed by atoms with Crippen molar-refractivity contribution >= 4 is 10.0 Å². The minimum atomic E-state index is -3.60. The Bertz CT molecular complexity index is 692. The molecule has 0 amide bonds. The van der Waals surface area contributed by atoms with Crippen molar-refractivity contribution in [2.24, 2.45) is 7.05 Å². The Hall–Kier alpha value is -1.70. The predicted octanol–water partition coefficient (Wildman–Crippen LogP) is 0.952. The Morgan fingerprint density at radius 3 is 2.80 bits per heavy atom. The SMILES string of the molecule is CC(O)c1cccc(S(=O)(=O)NCc2cnn(C)c2)c1. The molecule has 7 heteroatoms. The standard InChI is InChI=1S/C13H17N3O3S/c1-10(17)12-4-3-5-13(6-12)20(18,19)15-8-11-7-14-16(2)9-11/h3-7,9-10,15,17H,8H2,1-2H3. The van der Waals surface area contributed by atoms with E-state index in [0.29, 0.717) is 5.56 Å². The molecule has 0 fully saturated rings. The van der Waals surface area contributed by atoms with Crippen LogP contribution in [0.4, 0.5) is 0 Å². The van der Waals surface area contributed by atoms with E-state index in [1.54, 1.807) is 43.2 Å². The molecule has 108 valence electrons. The number of hydrogen-bond acceptors (Lipinski definition) is 4. The minimum absolute atomic E-state index is 0.139. The second-order valence-electron chi connectivity index (χ2n) is 4.60. The number of aromatic nitrogens is 2. The Morgan fingerprint density at radius 1 is 1.45 bits per heavy atom. The Balaban J connectivity index is 2.15. The number of aliphatic hydroxyl groups excluding tert-OH is 1. The molecule has 2 aromatic rings. The fraction of sp³-hybridized carbons (Fsp3) is 0.308. The van der Waals surface area contributed by atoms with E-state index in [1.165, 1.54) is 12.1 Å². The summed E-state index contributed by atoms with van der Waals surface area (Å²) in [4.78, 5) is 0.139. The third-order valence-electron chi connectivity index (χ3n) is 2.88. The maximum absolute atomic E-state index is 12.2. The average Bonchev–Trinajstić information content (AvgIpc) is 2.82. The van der Waals surface area contributed by atoms with Crippen LogP contribution in [0.1, 0.15) is 24.2 Å². The van der Waals surface area contributed by atoms with Crippen molar-refractivity contribution < 1.29 is 13.5 Å². The average molecular weight is 295 g/mol. The first-order valence-corrected chi connectivity index (χ1v) is 7.62. The number of aliphatic hydroxyl groups is 1. The van der Waals surface area contributed by atoms with E-state index in [-0.39, 0.29) is 11.4 Å². The van der Waals surface area contributed by atoms with Gasteiger partial charge >= 0.3 is 0 Å².